The molecule has 0 fully saturated rings. The topological polar surface area (TPSA) is 122 Å². The molecule has 0 heterocycles. The van der Waals surface area contributed by atoms with Gasteiger partial charge in [-0.05, 0) is 37.6 Å². The second-order valence-electron chi connectivity index (χ2n) is 6.94. The van der Waals surface area contributed by atoms with Crippen LogP contribution in [0.1, 0.15) is 31.7 Å². The molecule has 160 valence electrons. The van der Waals surface area contributed by atoms with Crippen molar-refractivity contribution in [1.29, 1.82) is 0 Å². The van der Waals surface area contributed by atoms with Crippen LogP contribution in [0.25, 0.3) is 0 Å². The van der Waals surface area contributed by atoms with Gasteiger partial charge in [0.05, 0.1) is 18.0 Å². The molecule has 7 nitrogen and oxygen atoms in total. The predicted octanol–water partition coefficient (Wildman–Crippen LogP) is 1.35. The van der Waals surface area contributed by atoms with Crippen LogP contribution in [-0.2, 0) is 20.8 Å². The zero-order valence-corrected chi connectivity index (χ0v) is 17.9. The maximum atomic E-state index is 12.9. The summed E-state index contributed by atoms with van der Waals surface area (Å²) in [5.74, 6) is -2.04. The number of rotatable bonds is 13. The molecule has 0 aliphatic rings. The minimum absolute atomic E-state index is 0.0634. The standard InChI is InChI=1S/C21H31N3O4S/c1-4-5-6-17(19(26)13(2)16(12-29)20(22)27)24-21(28)18(23-3)11-14-7-9-15(25)10-8-14/h7-10,16-18,23,25,29H,2,4-6,11-12H2,1,3H3,(H2,22,27)(H,24,28)/t16-,17+,18?/m1/s1. The maximum absolute atomic E-state index is 12.9. The average molecular weight is 422 g/mol. The van der Waals surface area contributed by atoms with Gasteiger partial charge >= 0.3 is 0 Å². The molecule has 1 aromatic rings. The summed E-state index contributed by atoms with van der Waals surface area (Å²) in [5, 5.41) is 15.1. The molecule has 0 spiro atoms. The Morgan fingerprint density at radius 2 is 1.83 bits per heavy atom. The number of nitrogens with two attached hydrogens (primary N) is 1. The van der Waals surface area contributed by atoms with Gasteiger partial charge in [0, 0.05) is 11.3 Å². The van der Waals surface area contributed by atoms with Crippen LogP contribution in [0, 0.1) is 5.92 Å². The first kappa shape index (κ1) is 24.7. The van der Waals surface area contributed by atoms with Gasteiger partial charge in [0.1, 0.15) is 5.75 Å². The molecule has 0 radical (unpaired) electrons. The monoisotopic (exact) mass is 421 g/mol. The van der Waals surface area contributed by atoms with Crippen molar-refractivity contribution >= 4 is 30.2 Å². The Morgan fingerprint density at radius 1 is 1.21 bits per heavy atom. The Hall–Kier alpha value is -2.32. The van der Waals surface area contributed by atoms with Crippen LogP contribution in [0.5, 0.6) is 5.75 Å². The van der Waals surface area contributed by atoms with E-state index >= 15 is 0 Å². The van der Waals surface area contributed by atoms with Crippen LogP contribution in [0.4, 0.5) is 0 Å². The van der Waals surface area contributed by atoms with Crippen molar-refractivity contribution in [2.75, 3.05) is 12.8 Å². The summed E-state index contributed by atoms with van der Waals surface area (Å²) in [6, 6.07) is 5.23. The number of Topliss-reactive ketones (excluding diaryl/α,β-unsaturated/α-hetero) is 1. The zero-order valence-electron chi connectivity index (χ0n) is 17.0. The Balaban J connectivity index is 2.92. The summed E-state index contributed by atoms with van der Waals surface area (Å²) in [7, 11) is 1.66. The Labute approximate surface area is 177 Å². The van der Waals surface area contributed by atoms with E-state index in [1.54, 1.807) is 31.3 Å². The normalized spacial score (nSPS) is 13.9. The third-order valence-electron chi connectivity index (χ3n) is 4.78. The lowest BCUT2D eigenvalue weighted by Crippen LogP contribution is -2.51. The number of aromatic hydroxyl groups is 1. The van der Waals surface area contributed by atoms with E-state index in [-0.39, 0.29) is 23.0 Å². The van der Waals surface area contributed by atoms with Gasteiger partial charge in [-0.15, -0.1) is 0 Å². The minimum atomic E-state index is -0.871. The van der Waals surface area contributed by atoms with Crippen molar-refractivity contribution in [2.45, 2.75) is 44.7 Å². The number of unbranched alkanes of at least 4 members (excludes halogenated alkanes) is 1. The van der Waals surface area contributed by atoms with Gasteiger partial charge in [-0.1, -0.05) is 38.5 Å². The Bertz CT molecular complexity index is 721. The van der Waals surface area contributed by atoms with E-state index in [0.29, 0.717) is 12.8 Å². The SMILES string of the molecule is C=C(C(=O)[C@H](CCCC)NC(=O)C(Cc1ccc(O)cc1)NC)[C@@H](CS)C(N)=O. The van der Waals surface area contributed by atoms with Gasteiger partial charge in [-0.3, -0.25) is 14.4 Å². The number of primary amides is 1. The minimum Gasteiger partial charge on any atom is -0.508 e. The van der Waals surface area contributed by atoms with Gasteiger partial charge < -0.3 is 21.5 Å². The van der Waals surface area contributed by atoms with E-state index in [4.69, 9.17) is 5.73 Å². The summed E-state index contributed by atoms with van der Waals surface area (Å²) in [4.78, 5) is 37.3. The first-order chi connectivity index (χ1) is 13.7. The van der Waals surface area contributed by atoms with Crippen LogP contribution >= 0.6 is 12.6 Å². The van der Waals surface area contributed by atoms with Gasteiger partial charge in [0.15, 0.2) is 5.78 Å². The lowest BCUT2D eigenvalue weighted by molar-refractivity contribution is -0.128. The highest BCUT2D eigenvalue weighted by atomic mass is 32.1. The molecule has 5 N–H and O–H groups in total. The number of hydrogen-bond donors (Lipinski definition) is 5. The molecule has 8 heteroatoms. The number of thiol groups is 1. The van der Waals surface area contributed by atoms with Crippen molar-refractivity contribution in [2.24, 2.45) is 11.7 Å². The van der Waals surface area contributed by atoms with Gasteiger partial charge in [0.2, 0.25) is 11.8 Å². The van der Waals surface area contributed by atoms with E-state index in [1.165, 1.54) is 0 Å². The molecule has 2 amide bonds. The fourth-order valence-electron chi connectivity index (χ4n) is 2.91. The summed E-state index contributed by atoms with van der Waals surface area (Å²) >= 11 is 4.08. The molecule has 3 atom stereocenters. The van der Waals surface area contributed by atoms with Crippen LogP contribution in [-0.4, -0.2) is 47.6 Å². The molecule has 29 heavy (non-hydrogen) atoms. The fourth-order valence-corrected chi connectivity index (χ4v) is 3.31. The number of amides is 2. The van der Waals surface area contributed by atoms with E-state index in [9.17, 15) is 19.5 Å². The second-order valence-corrected chi connectivity index (χ2v) is 7.31. The molecule has 0 saturated heterocycles. The largest absolute Gasteiger partial charge is 0.508 e. The van der Waals surface area contributed by atoms with Gasteiger partial charge in [-0.25, -0.2) is 0 Å². The number of hydrogen-bond acceptors (Lipinski definition) is 6. The Kier molecular flexibility index (Phi) is 10.5. The van der Waals surface area contributed by atoms with Crippen LogP contribution < -0.4 is 16.4 Å². The van der Waals surface area contributed by atoms with Crippen LogP contribution in [0.2, 0.25) is 0 Å². The third-order valence-corrected chi connectivity index (χ3v) is 5.15. The van der Waals surface area contributed by atoms with E-state index in [1.807, 2.05) is 6.92 Å². The molecular weight excluding hydrogens is 390 g/mol. The molecule has 0 aliphatic heterocycles. The molecule has 1 aromatic carbocycles. The third kappa shape index (κ3) is 7.55. The average Bonchev–Trinajstić information content (AvgIpc) is 2.70. The quantitative estimate of drug-likeness (QED) is 0.243. The van der Waals surface area contributed by atoms with Crippen LogP contribution in [0.3, 0.4) is 0 Å². The maximum Gasteiger partial charge on any atom is 0.238 e. The first-order valence-electron chi connectivity index (χ1n) is 9.63. The number of ketones is 1. The van der Waals surface area contributed by atoms with Crippen molar-refractivity contribution in [1.82, 2.24) is 10.6 Å². The number of nitrogens with one attached hydrogen (secondary N) is 2. The van der Waals surface area contributed by atoms with Crippen molar-refractivity contribution in [3.8, 4) is 5.75 Å². The van der Waals surface area contributed by atoms with Crippen molar-refractivity contribution in [3.63, 3.8) is 0 Å². The number of carbonyl (C=O) groups is 3. The molecule has 0 saturated carbocycles. The summed E-state index contributed by atoms with van der Waals surface area (Å²) in [6.07, 6.45) is 2.40. The lowest BCUT2D eigenvalue weighted by atomic mass is 9.91. The van der Waals surface area contributed by atoms with E-state index in [0.717, 1.165) is 18.4 Å². The lowest BCUT2D eigenvalue weighted by Gasteiger charge is -2.24. The number of phenols is 1. The summed E-state index contributed by atoms with van der Waals surface area (Å²) < 4.78 is 0. The highest BCUT2D eigenvalue weighted by Gasteiger charge is 2.30. The number of likely N-dealkylation sites (N-methyl/N-ethyl adjacent to an activating group) is 1. The number of benzene rings is 1. The zero-order chi connectivity index (χ0) is 22.0. The predicted molar refractivity (Wildman–Crippen MR) is 117 cm³/mol. The van der Waals surface area contributed by atoms with Gasteiger partial charge in [0.25, 0.3) is 0 Å². The number of carbonyl (C=O) groups excluding carboxylic acids is 3. The molecule has 1 rings (SSSR count). The number of phenolic OH excluding ortho intramolecular Hbond substituents is 1. The van der Waals surface area contributed by atoms with Gasteiger partial charge in [-0.2, -0.15) is 12.6 Å². The first-order valence-corrected chi connectivity index (χ1v) is 10.3. The summed E-state index contributed by atoms with van der Waals surface area (Å²) in [6.45, 7) is 5.72. The van der Waals surface area contributed by atoms with E-state index < -0.39 is 29.7 Å². The molecular formula is C21H31N3O4S. The second kappa shape index (κ2) is 12.3. The van der Waals surface area contributed by atoms with E-state index in [2.05, 4.69) is 29.8 Å². The van der Waals surface area contributed by atoms with Crippen molar-refractivity contribution < 1.29 is 19.5 Å². The fraction of sp³-hybridized carbons (Fsp3) is 0.476. The van der Waals surface area contributed by atoms with Crippen molar-refractivity contribution in [3.05, 3.63) is 42.0 Å². The molecule has 0 aliphatic carbocycles. The smallest absolute Gasteiger partial charge is 0.238 e. The molecule has 0 bridgehead atoms. The Morgan fingerprint density at radius 3 is 2.31 bits per heavy atom. The van der Waals surface area contributed by atoms with Crippen LogP contribution in [0.15, 0.2) is 36.4 Å². The molecule has 1 unspecified atom stereocenters. The molecule has 0 aromatic heterocycles. The highest BCUT2D eigenvalue weighted by Crippen LogP contribution is 2.17. The highest BCUT2D eigenvalue weighted by molar-refractivity contribution is 7.80. The summed E-state index contributed by atoms with van der Waals surface area (Å²) in [5.41, 5.74) is 6.26.